The number of nitrogens with two attached hydrogens (primary N) is 1. The highest BCUT2D eigenvalue weighted by atomic mass is 16.1. The molecule has 1 atom stereocenters. The van der Waals surface area contributed by atoms with Crippen LogP contribution in [0.1, 0.15) is 25.3 Å². The second kappa shape index (κ2) is 4.91. The monoisotopic (exact) mass is 195 g/mol. The van der Waals surface area contributed by atoms with Crippen LogP contribution in [0.2, 0.25) is 0 Å². The Labute approximate surface area is 83.7 Å². The molecule has 0 saturated heterocycles. The van der Waals surface area contributed by atoms with Crippen LogP contribution in [0, 0.1) is 6.92 Å². The zero-order valence-corrected chi connectivity index (χ0v) is 8.73. The maximum absolute atomic E-state index is 11.4. The molecule has 2 N–H and O–H groups in total. The molecule has 0 amide bonds. The summed E-state index contributed by atoms with van der Waals surface area (Å²) < 4.78 is 1.42. The van der Waals surface area contributed by atoms with Gasteiger partial charge in [-0.05, 0) is 18.9 Å². The Hall–Kier alpha value is -1.16. The molecule has 0 aromatic carbocycles. The zero-order chi connectivity index (χ0) is 10.6. The Kier molecular flexibility index (Phi) is 3.83. The lowest BCUT2D eigenvalue weighted by Crippen LogP contribution is -2.33. The third kappa shape index (κ3) is 2.96. The molecule has 0 spiro atoms. The third-order valence-electron chi connectivity index (χ3n) is 2.07. The van der Waals surface area contributed by atoms with E-state index in [2.05, 4.69) is 12.0 Å². The van der Waals surface area contributed by atoms with Crippen molar-refractivity contribution in [3.63, 3.8) is 0 Å². The molecule has 1 aromatic heterocycles. The molecule has 4 nitrogen and oxygen atoms in total. The van der Waals surface area contributed by atoms with E-state index in [0.29, 0.717) is 6.54 Å². The minimum Gasteiger partial charge on any atom is -0.326 e. The Bertz CT molecular complexity index is 345. The van der Waals surface area contributed by atoms with Crippen molar-refractivity contribution in [3.8, 4) is 0 Å². The van der Waals surface area contributed by atoms with E-state index >= 15 is 0 Å². The number of nitrogens with zero attached hydrogens (tertiary/aromatic N) is 2. The summed E-state index contributed by atoms with van der Waals surface area (Å²) in [5.41, 5.74) is 6.64. The van der Waals surface area contributed by atoms with Crippen LogP contribution in [0.4, 0.5) is 0 Å². The molecule has 78 valence electrons. The predicted octanol–water partition coefficient (Wildman–Crippen LogP) is 0.679. The number of hydrogen-bond acceptors (Lipinski definition) is 3. The van der Waals surface area contributed by atoms with Crippen LogP contribution in [0.3, 0.4) is 0 Å². The van der Waals surface area contributed by atoms with Crippen LogP contribution in [0.25, 0.3) is 0 Å². The molecule has 4 heteroatoms. The fourth-order valence-corrected chi connectivity index (χ4v) is 1.35. The number of hydrogen-bond donors (Lipinski definition) is 1. The van der Waals surface area contributed by atoms with Crippen molar-refractivity contribution in [1.82, 2.24) is 9.78 Å². The van der Waals surface area contributed by atoms with E-state index in [4.69, 9.17) is 5.73 Å². The highest BCUT2D eigenvalue weighted by Gasteiger charge is 2.04. The summed E-state index contributed by atoms with van der Waals surface area (Å²) in [6.07, 6.45) is 3.63. The summed E-state index contributed by atoms with van der Waals surface area (Å²) in [4.78, 5) is 11.4. The quantitative estimate of drug-likeness (QED) is 0.768. The Morgan fingerprint density at radius 1 is 1.64 bits per heavy atom. The van der Waals surface area contributed by atoms with Crippen LogP contribution in [0.15, 0.2) is 17.1 Å². The van der Waals surface area contributed by atoms with Gasteiger partial charge in [0.1, 0.15) is 0 Å². The van der Waals surface area contributed by atoms with E-state index in [1.54, 1.807) is 12.3 Å². The van der Waals surface area contributed by atoms with Gasteiger partial charge in [-0.25, -0.2) is 4.68 Å². The molecule has 0 aliphatic rings. The highest BCUT2D eigenvalue weighted by molar-refractivity contribution is 5.02. The van der Waals surface area contributed by atoms with Crippen molar-refractivity contribution in [3.05, 3.63) is 28.2 Å². The lowest BCUT2D eigenvalue weighted by Gasteiger charge is -2.10. The van der Waals surface area contributed by atoms with Gasteiger partial charge in [-0.15, -0.1) is 0 Å². The van der Waals surface area contributed by atoms with Gasteiger partial charge in [-0.1, -0.05) is 13.3 Å². The van der Waals surface area contributed by atoms with Crippen LogP contribution in [-0.4, -0.2) is 15.8 Å². The van der Waals surface area contributed by atoms with Gasteiger partial charge < -0.3 is 5.73 Å². The second-order valence-electron chi connectivity index (χ2n) is 3.60. The summed E-state index contributed by atoms with van der Waals surface area (Å²) >= 11 is 0. The first-order chi connectivity index (χ1) is 6.63. The smallest absolute Gasteiger partial charge is 0.267 e. The van der Waals surface area contributed by atoms with Gasteiger partial charge in [0.15, 0.2) is 0 Å². The van der Waals surface area contributed by atoms with Gasteiger partial charge in [0, 0.05) is 12.1 Å². The molecule has 14 heavy (non-hydrogen) atoms. The fourth-order valence-electron chi connectivity index (χ4n) is 1.35. The zero-order valence-electron chi connectivity index (χ0n) is 8.73. The van der Waals surface area contributed by atoms with Crippen LogP contribution in [-0.2, 0) is 6.54 Å². The fraction of sp³-hybridized carbons (Fsp3) is 0.600. The molecular weight excluding hydrogens is 178 g/mol. The van der Waals surface area contributed by atoms with Gasteiger partial charge in [0.2, 0.25) is 0 Å². The standard InChI is InChI=1S/C10H17N3O/c1-3-4-9(11)7-13-10(14)5-8(2)6-12-13/h5-6,9H,3-4,7,11H2,1-2H3. The first kappa shape index (κ1) is 10.9. The van der Waals surface area contributed by atoms with Crippen molar-refractivity contribution >= 4 is 0 Å². The molecular formula is C10H17N3O. The summed E-state index contributed by atoms with van der Waals surface area (Å²) in [5.74, 6) is 0. The maximum Gasteiger partial charge on any atom is 0.267 e. The molecule has 0 radical (unpaired) electrons. The first-order valence-corrected chi connectivity index (χ1v) is 4.93. The molecule has 1 aromatic rings. The molecule has 0 aliphatic carbocycles. The van der Waals surface area contributed by atoms with E-state index in [1.165, 1.54) is 4.68 Å². The minimum absolute atomic E-state index is 0.0212. The van der Waals surface area contributed by atoms with Crippen molar-refractivity contribution in [1.29, 1.82) is 0 Å². The van der Waals surface area contributed by atoms with Crippen molar-refractivity contribution < 1.29 is 0 Å². The Morgan fingerprint density at radius 3 is 2.93 bits per heavy atom. The van der Waals surface area contributed by atoms with Crippen molar-refractivity contribution in [2.24, 2.45) is 5.73 Å². The van der Waals surface area contributed by atoms with Gasteiger partial charge in [0.25, 0.3) is 5.56 Å². The van der Waals surface area contributed by atoms with Gasteiger partial charge in [-0.3, -0.25) is 4.79 Å². The van der Waals surface area contributed by atoms with Crippen LogP contribution >= 0.6 is 0 Å². The number of aryl methyl sites for hydroxylation is 1. The lowest BCUT2D eigenvalue weighted by molar-refractivity contribution is 0.464. The van der Waals surface area contributed by atoms with Crippen molar-refractivity contribution in [2.45, 2.75) is 39.3 Å². The third-order valence-corrected chi connectivity index (χ3v) is 2.07. The molecule has 1 heterocycles. The summed E-state index contributed by atoms with van der Waals surface area (Å²) in [6.45, 7) is 4.43. The van der Waals surface area contributed by atoms with E-state index in [0.717, 1.165) is 18.4 Å². The second-order valence-corrected chi connectivity index (χ2v) is 3.60. The molecule has 0 fully saturated rings. The van der Waals surface area contributed by atoms with E-state index in [-0.39, 0.29) is 11.6 Å². The van der Waals surface area contributed by atoms with E-state index < -0.39 is 0 Å². The highest BCUT2D eigenvalue weighted by Crippen LogP contribution is 1.95. The molecule has 0 saturated carbocycles. The summed E-state index contributed by atoms with van der Waals surface area (Å²) in [7, 11) is 0. The van der Waals surface area contributed by atoms with Gasteiger partial charge >= 0.3 is 0 Å². The average molecular weight is 195 g/mol. The Balaban J connectivity index is 2.72. The van der Waals surface area contributed by atoms with Crippen molar-refractivity contribution in [2.75, 3.05) is 0 Å². The largest absolute Gasteiger partial charge is 0.326 e. The Morgan fingerprint density at radius 2 is 2.36 bits per heavy atom. The number of rotatable bonds is 4. The topological polar surface area (TPSA) is 60.9 Å². The lowest BCUT2D eigenvalue weighted by atomic mass is 10.2. The molecule has 0 bridgehead atoms. The molecule has 0 aliphatic heterocycles. The summed E-state index contributed by atoms with van der Waals surface area (Å²) in [5, 5.41) is 4.02. The summed E-state index contributed by atoms with van der Waals surface area (Å²) in [6, 6.07) is 1.60. The maximum atomic E-state index is 11.4. The number of aromatic nitrogens is 2. The molecule has 1 unspecified atom stereocenters. The van der Waals surface area contributed by atoms with E-state index in [1.807, 2.05) is 6.92 Å². The minimum atomic E-state index is -0.0726. The predicted molar refractivity (Wildman–Crippen MR) is 56.1 cm³/mol. The first-order valence-electron chi connectivity index (χ1n) is 4.93. The van der Waals surface area contributed by atoms with Crippen LogP contribution < -0.4 is 11.3 Å². The van der Waals surface area contributed by atoms with Crippen LogP contribution in [0.5, 0.6) is 0 Å². The average Bonchev–Trinajstić information content (AvgIpc) is 2.10. The van der Waals surface area contributed by atoms with Gasteiger partial charge in [-0.2, -0.15) is 5.10 Å². The van der Waals surface area contributed by atoms with Gasteiger partial charge in [0.05, 0.1) is 12.7 Å². The molecule has 1 rings (SSSR count). The van der Waals surface area contributed by atoms with E-state index in [9.17, 15) is 4.79 Å². The normalized spacial score (nSPS) is 12.8. The SMILES string of the molecule is CCCC(N)Cn1ncc(C)cc1=O.